The van der Waals surface area contributed by atoms with Gasteiger partial charge in [-0.05, 0) is 0 Å². The fourth-order valence-corrected chi connectivity index (χ4v) is 3.10. The third-order valence-electron chi connectivity index (χ3n) is 4.62. The number of aromatic nitrogens is 4. The fourth-order valence-electron chi connectivity index (χ4n) is 3.10. The molecule has 0 atom stereocenters. The summed E-state index contributed by atoms with van der Waals surface area (Å²) >= 11 is 0. The third kappa shape index (κ3) is 3.90. The molecule has 0 radical (unpaired) electrons. The first-order valence-electron chi connectivity index (χ1n) is 8.27. The summed E-state index contributed by atoms with van der Waals surface area (Å²) in [5.41, 5.74) is 1.53. The van der Waals surface area contributed by atoms with Crippen LogP contribution in [0, 0.1) is 0 Å². The largest absolute Gasteiger partial charge is 1.00 e. The van der Waals surface area contributed by atoms with Crippen molar-refractivity contribution in [2.75, 3.05) is 20.6 Å². The van der Waals surface area contributed by atoms with Crippen LogP contribution in [0.15, 0.2) is 46.2 Å². The Labute approximate surface area is 169 Å². The van der Waals surface area contributed by atoms with Gasteiger partial charge in [-0.2, -0.15) is 0 Å². The van der Waals surface area contributed by atoms with Gasteiger partial charge in [0.25, 0.3) is 5.56 Å². The van der Waals surface area contributed by atoms with E-state index in [9.17, 15) is 9.59 Å². The van der Waals surface area contributed by atoms with Crippen molar-refractivity contribution in [3.8, 4) is 0 Å². The smallest absolute Gasteiger partial charge is 0.332 e. The first-order chi connectivity index (χ1) is 11.8. The van der Waals surface area contributed by atoms with Gasteiger partial charge in [-0.15, -0.1) is 0 Å². The molecule has 0 saturated heterocycles. The number of nitrogens with zero attached hydrogens (tertiary/aromatic N) is 5. The monoisotopic (exact) mass is 469 g/mol. The van der Waals surface area contributed by atoms with Crippen LogP contribution in [0.4, 0.5) is 0 Å². The Bertz CT molecular complexity index is 1020. The lowest BCUT2D eigenvalue weighted by atomic mass is 10.2. The van der Waals surface area contributed by atoms with Crippen molar-refractivity contribution in [3.05, 3.63) is 63.1 Å². The van der Waals surface area contributed by atoms with Crippen molar-refractivity contribution in [2.45, 2.75) is 13.1 Å². The number of quaternary nitrogens is 1. The van der Waals surface area contributed by atoms with Gasteiger partial charge in [0.1, 0.15) is 6.54 Å². The molecule has 0 aliphatic rings. The molecule has 0 amide bonds. The van der Waals surface area contributed by atoms with E-state index in [1.54, 1.807) is 13.4 Å². The van der Waals surface area contributed by atoms with E-state index >= 15 is 0 Å². The molecule has 0 aliphatic heterocycles. The second-order valence-corrected chi connectivity index (χ2v) is 7.12. The minimum atomic E-state index is -0.358. The lowest BCUT2D eigenvalue weighted by molar-refractivity contribution is -0.904. The zero-order chi connectivity index (χ0) is 18.2. The number of benzene rings is 1. The van der Waals surface area contributed by atoms with Gasteiger partial charge >= 0.3 is 5.69 Å². The Balaban J connectivity index is 0.00000243. The second kappa shape index (κ2) is 7.75. The van der Waals surface area contributed by atoms with Crippen molar-refractivity contribution in [1.29, 1.82) is 0 Å². The molecule has 7 nitrogen and oxygen atoms in total. The van der Waals surface area contributed by atoms with E-state index < -0.39 is 0 Å². The highest BCUT2D eigenvalue weighted by Crippen LogP contribution is 2.11. The van der Waals surface area contributed by atoms with Crippen LogP contribution in [-0.4, -0.2) is 43.8 Å². The molecule has 0 saturated carbocycles. The molecule has 140 valence electrons. The summed E-state index contributed by atoms with van der Waals surface area (Å²) in [5.74, 6) is 0. The topological polar surface area (TPSA) is 61.8 Å². The number of likely N-dealkylation sites (N-methyl/N-ethyl adjacent to an activating group) is 1. The Morgan fingerprint density at radius 1 is 1.04 bits per heavy atom. The summed E-state index contributed by atoms with van der Waals surface area (Å²) < 4.78 is 5.18. The number of hydrogen-bond donors (Lipinski definition) is 0. The van der Waals surface area contributed by atoms with E-state index in [1.165, 1.54) is 17.2 Å². The number of fused-ring (bicyclic) bond motifs is 1. The maximum Gasteiger partial charge on any atom is 0.332 e. The quantitative estimate of drug-likeness (QED) is 0.313. The second-order valence-electron chi connectivity index (χ2n) is 7.12. The highest BCUT2D eigenvalue weighted by atomic mass is 127. The Morgan fingerprint density at radius 3 is 2.35 bits per heavy atom. The van der Waals surface area contributed by atoms with E-state index in [2.05, 4.69) is 31.2 Å². The van der Waals surface area contributed by atoms with Crippen molar-refractivity contribution in [2.24, 2.45) is 14.1 Å². The Kier molecular flexibility index (Phi) is 6.07. The number of rotatable bonds is 5. The highest BCUT2D eigenvalue weighted by molar-refractivity contribution is 5.69. The first-order valence-corrected chi connectivity index (χ1v) is 8.27. The van der Waals surface area contributed by atoms with Crippen molar-refractivity contribution in [1.82, 2.24) is 18.7 Å². The van der Waals surface area contributed by atoms with Crippen LogP contribution in [0.25, 0.3) is 11.2 Å². The Morgan fingerprint density at radius 2 is 1.69 bits per heavy atom. The minimum absolute atomic E-state index is 0. The number of halogens is 1. The van der Waals surface area contributed by atoms with Gasteiger partial charge in [0, 0.05) is 19.7 Å². The summed E-state index contributed by atoms with van der Waals surface area (Å²) in [6.07, 6.45) is 1.65. The summed E-state index contributed by atoms with van der Waals surface area (Å²) in [4.78, 5) is 28.8. The molecule has 0 bridgehead atoms. The lowest BCUT2D eigenvalue weighted by Gasteiger charge is -2.30. The van der Waals surface area contributed by atoms with Gasteiger partial charge in [-0.25, -0.2) is 9.78 Å². The summed E-state index contributed by atoms with van der Waals surface area (Å²) in [7, 11) is 7.47. The van der Waals surface area contributed by atoms with E-state index in [0.717, 1.165) is 22.1 Å². The predicted octanol–water partition coefficient (Wildman–Crippen LogP) is -2.29. The maximum absolute atomic E-state index is 12.5. The fraction of sp³-hybridized carbons (Fsp3) is 0.389. The maximum atomic E-state index is 12.5. The SMILES string of the molecule is Cn1c(=O)c2c(ncn2CC[N+](C)(C)Cc2ccccc2)n(C)c1=O.[I-]. The first kappa shape index (κ1) is 20.4. The van der Waals surface area contributed by atoms with Crippen LogP contribution >= 0.6 is 0 Å². The van der Waals surface area contributed by atoms with Gasteiger partial charge < -0.3 is 33.0 Å². The lowest BCUT2D eigenvalue weighted by Crippen LogP contribution is -3.00. The van der Waals surface area contributed by atoms with Gasteiger partial charge in [0.15, 0.2) is 11.2 Å². The number of aryl methyl sites for hydroxylation is 1. The molecule has 3 aromatic rings. The van der Waals surface area contributed by atoms with Gasteiger partial charge in [-0.3, -0.25) is 13.9 Å². The molecule has 8 heteroatoms. The molecule has 3 rings (SSSR count). The molecule has 0 unspecified atom stereocenters. The van der Waals surface area contributed by atoms with Crippen molar-refractivity contribution in [3.63, 3.8) is 0 Å². The molecule has 0 N–H and O–H groups in total. The Hall–Kier alpha value is -1.94. The molecule has 0 spiro atoms. The van der Waals surface area contributed by atoms with Crippen LogP contribution in [0.2, 0.25) is 0 Å². The third-order valence-corrected chi connectivity index (χ3v) is 4.62. The molecule has 2 heterocycles. The van der Waals surface area contributed by atoms with Crippen LogP contribution in [0.5, 0.6) is 0 Å². The summed E-state index contributed by atoms with van der Waals surface area (Å²) in [6, 6.07) is 10.4. The van der Waals surface area contributed by atoms with E-state index in [1.807, 2.05) is 22.8 Å². The van der Waals surface area contributed by atoms with Gasteiger partial charge in [0.2, 0.25) is 0 Å². The summed E-state index contributed by atoms with van der Waals surface area (Å²) in [5, 5.41) is 0. The van der Waals surface area contributed by atoms with Gasteiger partial charge in [-0.1, -0.05) is 30.3 Å². The van der Waals surface area contributed by atoms with Crippen molar-refractivity contribution >= 4 is 11.2 Å². The van der Waals surface area contributed by atoms with Crippen LogP contribution in [0.1, 0.15) is 5.56 Å². The molecular weight excluding hydrogens is 445 g/mol. The number of hydrogen-bond acceptors (Lipinski definition) is 3. The van der Waals surface area contributed by atoms with E-state index in [0.29, 0.717) is 17.7 Å². The zero-order valence-electron chi connectivity index (χ0n) is 15.5. The molecule has 2 aromatic heterocycles. The highest BCUT2D eigenvalue weighted by Gasteiger charge is 2.19. The molecule has 0 aliphatic carbocycles. The van der Waals surface area contributed by atoms with E-state index in [-0.39, 0.29) is 35.2 Å². The number of imidazole rings is 1. The normalized spacial score (nSPS) is 11.5. The zero-order valence-corrected chi connectivity index (χ0v) is 17.7. The van der Waals surface area contributed by atoms with Crippen molar-refractivity contribution < 1.29 is 28.5 Å². The van der Waals surface area contributed by atoms with Gasteiger partial charge in [0.05, 0.1) is 33.5 Å². The average Bonchev–Trinajstić information content (AvgIpc) is 3.01. The molecule has 0 fully saturated rings. The summed E-state index contributed by atoms with van der Waals surface area (Å²) in [6.45, 7) is 2.40. The predicted molar refractivity (Wildman–Crippen MR) is 97.3 cm³/mol. The minimum Gasteiger partial charge on any atom is -1.00 e. The van der Waals surface area contributed by atoms with Crippen LogP contribution in [-0.2, 0) is 27.2 Å². The molecule has 26 heavy (non-hydrogen) atoms. The standard InChI is InChI=1S/C18H24N5O2.HI/c1-20-16-15(17(24)21(2)18(20)25)22(13-19-16)10-11-23(3,4)12-14-8-6-5-7-9-14;/h5-9,13H,10-12H2,1-4H3;1H/q+1;/p-1. The van der Waals surface area contributed by atoms with E-state index in [4.69, 9.17) is 0 Å². The molecule has 1 aromatic carbocycles. The van der Waals surface area contributed by atoms with Crippen LogP contribution < -0.4 is 35.2 Å². The average molecular weight is 469 g/mol. The molecular formula is C18H24IN5O2. The van der Waals surface area contributed by atoms with Crippen LogP contribution in [0.3, 0.4) is 0 Å².